The minimum absolute atomic E-state index is 0.0471. The van der Waals surface area contributed by atoms with Crippen LogP contribution in [0.3, 0.4) is 0 Å². The number of ether oxygens (including phenoxy) is 1. The highest BCUT2D eigenvalue weighted by molar-refractivity contribution is 5.84. The molecular formula is C15H23N3O3. The van der Waals surface area contributed by atoms with Gasteiger partial charge in [0.1, 0.15) is 5.82 Å². The first-order valence-electron chi connectivity index (χ1n) is 7.29. The van der Waals surface area contributed by atoms with Crippen LogP contribution in [0.15, 0.2) is 12.4 Å². The van der Waals surface area contributed by atoms with Gasteiger partial charge in [0.2, 0.25) is 0 Å². The summed E-state index contributed by atoms with van der Waals surface area (Å²) >= 11 is 0. The molecular weight excluding hydrogens is 270 g/mol. The smallest absolute Gasteiger partial charge is 0.356 e. The minimum Gasteiger partial charge on any atom is -0.476 e. The van der Waals surface area contributed by atoms with Crippen LogP contribution in [0.5, 0.6) is 0 Å². The van der Waals surface area contributed by atoms with Crippen LogP contribution >= 0.6 is 0 Å². The molecule has 0 spiro atoms. The first kappa shape index (κ1) is 15.7. The van der Waals surface area contributed by atoms with Crippen molar-refractivity contribution in [2.45, 2.75) is 39.7 Å². The zero-order valence-electron chi connectivity index (χ0n) is 12.8. The van der Waals surface area contributed by atoms with E-state index in [0.29, 0.717) is 11.7 Å². The molecule has 2 rings (SSSR count). The largest absolute Gasteiger partial charge is 0.476 e. The second kappa shape index (κ2) is 6.39. The zero-order chi connectivity index (χ0) is 15.5. The Labute approximate surface area is 124 Å². The van der Waals surface area contributed by atoms with Crippen LogP contribution in [0.4, 0.5) is 5.82 Å². The van der Waals surface area contributed by atoms with Gasteiger partial charge in [-0.05, 0) is 18.3 Å². The van der Waals surface area contributed by atoms with Crippen LogP contribution in [0.1, 0.15) is 44.1 Å². The van der Waals surface area contributed by atoms with Crippen molar-refractivity contribution >= 4 is 11.8 Å². The number of rotatable bonds is 4. The van der Waals surface area contributed by atoms with Crippen LogP contribution in [-0.4, -0.2) is 40.3 Å². The van der Waals surface area contributed by atoms with Crippen LogP contribution in [0.25, 0.3) is 0 Å². The van der Waals surface area contributed by atoms with Crippen LogP contribution in [-0.2, 0) is 4.74 Å². The predicted octanol–water partition coefficient (Wildman–Crippen LogP) is 2.43. The Morgan fingerprint density at radius 2 is 2.19 bits per heavy atom. The monoisotopic (exact) mass is 293 g/mol. The van der Waals surface area contributed by atoms with Crippen molar-refractivity contribution in [2.75, 3.05) is 18.5 Å². The molecule has 2 N–H and O–H groups in total. The molecule has 0 radical (unpaired) electrons. The van der Waals surface area contributed by atoms with Crippen molar-refractivity contribution in [3.63, 3.8) is 0 Å². The van der Waals surface area contributed by atoms with Crippen LogP contribution in [0, 0.1) is 11.3 Å². The fourth-order valence-electron chi connectivity index (χ4n) is 2.77. The number of hydrogen-bond donors (Lipinski definition) is 2. The molecule has 1 saturated heterocycles. The Hall–Kier alpha value is -1.69. The minimum atomic E-state index is -1.07. The lowest BCUT2D eigenvalue weighted by Gasteiger charge is -2.40. The van der Waals surface area contributed by atoms with Gasteiger partial charge in [-0.3, -0.25) is 0 Å². The number of carboxylic acid groups (broad SMARTS) is 1. The Balaban J connectivity index is 1.96. The fourth-order valence-corrected chi connectivity index (χ4v) is 2.77. The molecule has 1 aliphatic heterocycles. The van der Waals surface area contributed by atoms with Crippen molar-refractivity contribution in [3.05, 3.63) is 18.1 Å². The van der Waals surface area contributed by atoms with Crippen LogP contribution in [0.2, 0.25) is 0 Å². The lowest BCUT2D eigenvalue weighted by atomic mass is 9.78. The summed E-state index contributed by atoms with van der Waals surface area (Å²) in [6.07, 6.45) is 5.13. The topological polar surface area (TPSA) is 84.3 Å². The molecule has 0 saturated carbocycles. The normalized spacial score (nSPS) is 22.8. The second-order valence-electron chi connectivity index (χ2n) is 6.53. The highest BCUT2D eigenvalue weighted by atomic mass is 16.5. The molecule has 1 aromatic rings. The predicted molar refractivity (Wildman–Crippen MR) is 79.4 cm³/mol. The van der Waals surface area contributed by atoms with Crippen LogP contribution < -0.4 is 5.32 Å². The molecule has 2 unspecified atom stereocenters. The van der Waals surface area contributed by atoms with E-state index in [0.717, 1.165) is 26.0 Å². The maximum absolute atomic E-state index is 10.7. The van der Waals surface area contributed by atoms with Gasteiger partial charge in [-0.1, -0.05) is 20.8 Å². The van der Waals surface area contributed by atoms with Gasteiger partial charge < -0.3 is 15.2 Å². The fraction of sp³-hybridized carbons (Fsp3) is 0.667. The number of anilines is 1. The van der Waals surface area contributed by atoms with E-state index in [4.69, 9.17) is 9.84 Å². The maximum atomic E-state index is 10.7. The molecule has 0 amide bonds. The molecule has 0 aliphatic carbocycles. The van der Waals surface area contributed by atoms with E-state index in [-0.39, 0.29) is 17.2 Å². The molecule has 1 fully saturated rings. The average molecular weight is 293 g/mol. The third-order valence-electron chi connectivity index (χ3n) is 3.71. The first-order valence-corrected chi connectivity index (χ1v) is 7.29. The molecule has 21 heavy (non-hydrogen) atoms. The Kier molecular flexibility index (Phi) is 4.77. The van der Waals surface area contributed by atoms with E-state index in [1.807, 2.05) is 0 Å². The molecule has 1 aliphatic rings. The second-order valence-corrected chi connectivity index (χ2v) is 6.53. The van der Waals surface area contributed by atoms with Gasteiger partial charge in [-0.15, -0.1) is 0 Å². The molecule has 2 atom stereocenters. The van der Waals surface area contributed by atoms with Gasteiger partial charge in [-0.2, -0.15) is 0 Å². The first-order chi connectivity index (χ1) is 9.88. The van der Waals surface area contributed by atoms with Gasteiger partial charge in [0.05, 0.1) is 18.5 Å². The number of carboxylic acids is 1. The molecule has 6 heteroatoms. The summed E-state index contributed by atoms with van der Waals surface area (Å²) in [6, 6.07) is 0. The lowest BCUT2D eigenvalue weighted by Crippen LogP contribution is -2.42. The van der Waals surface area contributed by atoms with E-state index in [9.17, 15) is 4.79 Å². The highest BCUT2D eigenvalue weighted by Crippen LogP contribution is 2.34. The summed E-state index contributed by atoms with van der Waals surface area (Å²) in [5, 5.41) is 12.0. The van der Waals surface area contributed by atoms with Gasteiger partial charge in [-0.25, -0.2) is 14.8 Å². The number of carbonyl (C=O) groups is 1. The maximum Gasteiger partial charge on any atom is 0.356 e. The number of aromatic carboxylic acids is 1. The average Bonchev–Trinajstić information content (AvgIpc) is 2.45. The van der Waals surface area contributed by atoms with Crippen molar-refractivity contribution in [3.8, 4) is 0 Å². The van der Waals surface area contributed by atoms with E-state index < -0.39 is 5.97 Å². The van der Waals surface area contributed by atoms with Gasteiger partial charge >= 0.3 is 5.97 Å². The third kappa shape index (κ3) is 4.14. The molecule has 116 valence electrons. The Bertz CT molecular complexity index is 482. The van der Waals surface area contributed by atoms with Crippen molar-refractivity contribution < 1.29 is 14.6 Å². The standard InChI is InChI=1S/C15H23N3O3/c1-15(2,3)13-10(5-4-6-21-13)7-17-12-9-16-11(8-18-12)14(19)20/h8-10,13H,4-7H2,1-3H3,(H,17,18)(H,19,20). The summed E-state index contributed by atoms with van der Waals surface area (Å²) in [5.74, 6) is -0.0551. The van der Waals surface area contributed by atoms with E-state index >= 15 is 0 Å². The van der Waals surface area contributed by atoms with Gasteiger partial charge in [0.25, 0.3) is 0 Å². The number of aromatic nitrogens is 2. The summed E-state index contributed by atoms with van der Waals surface area (Å²) < 4.78 is 5.94. The molecule has 6 nitrogen and oxygen atoms in total. The molecule has 2 heterocycles. The number of nitrogens with zero attached hydrogens (tertiary/aromatic N) is 2. The molecule has 0 aromatic carbocycles. The molecule has 0 bridgehead atoms. The van der Waals surface area contributed by atoms with E-state index in [1.165, 1.54) is 12.4 Å². The molecule has 1 aromatic heterocycles. The van der Waals surface area contributed by atoms with E-state index in [2.05, 4.69) is 36.1 Å². The summed E-state index contributed by atoms with van der Waals surface area (Å²) in [7, 11) is 0. The summed E-state index contributed by atoms with van der Waals surface area (Å²) in [5.41, 5.74) is 0.0557. The SMILES string of the molecule is CC(C)(C)C1OCCCC1CNc1cnc(C(=O)O)cn1. The third-order valence-corrected chi connectivity index (χ3v) is 3.71. The quantitative estimate of drug-likeness (QED) is 0.887. The summed E-state index contributed by atoms with van der Waals surface area (Å²) in [4.78, 5) is 18.7. The Morgan fingerprint density at radius 3 is 2.76 bits per heavy atom. The van der Waals surface area contributed by atoms with Crippen molar-refractivity contribution in [1.29, 1.82) is 0 Å². The number of hydrogen-bond acceptors (Lipinski definition) is 5. The Morgan fingerprint density at radius 1 is 1.43 bits per heavy atom. The van der Waals surface area contributed by atoms with Crippen molar-refractivity contribution in [1.82, 2.24) is 9.97 Å². The number of nitrogens with one attached hydrogen (secondary N) is 1. The highest BCUT2D eigenvalue weighted by Gasteiger charge is 2.35. The van der Waals surface area contributed by atoms with Gasteiger partial charge in [0.15, 0.2) is 5.69 Å². The van der Waals surface area contributed by atoms with E-state index in [1.54, 1.807) is 0 Å². The summed E-state index contributed by atoms with van der Waals surface area (Å²) in [6.45, 7) is 8.15. The lowest BCUT2D eigenvalue weighted by molar-refractivity contribution is -0.0814. The van der Waals surface area contributed by atoms with Gasteiger partial charge in [0, 0.05) is 19.1 Å². The zero-order valence-corrected chi connectivity index (χ0v) is 12.8. The van der Waals surface area contributed by atoms with Crippen molar-refractivity contribution in [2.24, 2.45) is 11.3 Å².